The minimum absolute atomic E-state index is 0.0257. The summed E-state index contributed by atoms with van der Waals surface area (Å²) in [5.74, 6) is 2.80. The molecule has 1 fully saturated rings. The number of hydrogen-bond donors (Lipinski definition) is 1. The minimum Gasteiger partial charge on any atom is -0.497 e. The number of ether oxygens (including phenoxy) is 2. The first-order valence-electron chi connectivity index (χ1n) is 10.2. The molecule has 1 N–H and O–H groups in total. The van der Waals surface area contributed by atoms with Crippen molar-refractivity contribution in [2.24, 2.45) is 0 Å². The van der Waals surface area contributed by atoms with E-state index in [1.54, 1.807) is 21.1 Å². The second-order valence-electron chi connectivity index (χ2n) is 7.48. The number of carbonyl (C=O) groups is 1. The number of aromatic nitrogens is 1. The standard InChI is InChI=1S/C22H31N3O4/c1-15-20(14-25-12-6-5-7-17(25)10-11-23-16(2)26)24-22(29-15)19-9-8-18(27-3)13-21(19)28-4/h8-9,13,17H,5-7,10-12,14H2,1-4H3,(H,23,26)/t17-/m0/s1. The summed E-state index contributed by atoms with van der Waals surface area (Å²) in [5.41, 5.74) is 1.76. The van der Waals surface area contributed by atoms with Crippen molar-refractivity contribution in [2.45, 2.75) is 52.1 Å². The van der Waals surface area contributed by atoms with Gasteiger partial charge in [0.15, 0.2) is 0 Å². The summed E-state index contributed by atoms with van der Waals surface area (Å²) >= 11 is 0. The largest absolute Gasteiger partial charge is 0.497 e. The molecule has 1 aromatic carbocycles. The Bertz CT molecular complexity index is 833. The lowest BCUT2D eigenvalue weighted by molar-refractivity contribution is -0.119. The Kier molecular flexibility index (Phi) is 7.14. The number of likely N-dealkylation sites (tertiary alicyclic amines) is 1. The molecule has 29 heavy (non-hydrogen) atoms. The number of hydrogen-bond acceptors (Lipinski definition) is 6. The van der Waals surface area contributed by atoms with Crippen molar-refractivity contribution in [3.05, 3.63) is 29.7 Å². The van der Waals surface area contributed by atoms with Crippen LogP contribution in [-0.2, 0) is 11.3 Å². The number of nitrogens with zero attached hydrogens (tertiary/aromatic N) is 2. The van der Waals surface area contributed by atoms with Crippen molar-refractivity contribution in [1.29, 1.82) is 0 Å². The summed E-state index contributed by atoms with van der Waals surface area (Å²) in [7, 11) is 3.26. The Hall–Kier alpha value is -2.54. The molecule has 1 amide bonds. The van der Waals surface area contributed by atoms with Gasteiger partial charge in [0.05, 0.1) is 25.5 Å². The van der Waals surface area contributed by atoms with E-state index in [9.17, 15) is 4.79 Å². The fourth-order valence-electron chi connectivity index (χ4n) is 3.87. The number of rotatable bonds is 8. The fraction of sp³-hybridized carbons (Fsp3) is 0.545. The third-order valence-corrected chi connectivity index (χ3v) is 5.49. The quantitative estimate of drug-likeness (QED) is 0.729. The molecule has 1 atom stereocenters. The number of oxazole rings is 1. The van der Waals surface area contributed by atoms with Gasteiger partial charge in [0.1, 0.15) is 17.3 Å². The van der Waals surface area contributed by atoms with Gasteiger partial charge in [0.25, 0.3) is 0 Å². The molecule has 1 aliphatic heterocycles. The lowest BCUT2D eigenvalue weighted by Gasteiger charge is -2.35. The first-order valence-corrected chi connectivity index (χ1v) is 10.2. The molecule has 1 aromatic heterocycles. The summed E-state index contributed by atoms with van der Waals surface area (Å²) in [6.07, 6.45) is 4.52. The smallest absolute Gasteiger partial charge is 0.230 e. The minimum atomic E-state index is 0.0257. The maximum atomic E-state index is 11.2. The molecule has 1 saturated heterocycles. The van der Waals surface area contributed by atoms with E-state index in [1.807, 2.05) is 25.1 Å². The zero-order valence-electron chi connectivity index (χ0n) is 17.8. The molecule has 0 saturated carbocycles. The molecule has 0 radical (unpaired) electrons. The average molecular weight is 402 g/mol. The lowest BCUT2D eigenvalue weighted by Crippen LogP contribution is -2.41. The van der Waals surface area contributed by atoms with Gasteiger partial charge in [-0.15, -0.1) is 0 Å². The van der Waals surface area contributed by atoms with Crippen molar-refractivity contribution < 1.29 is 18.7 Å². The molecular formula is C22H31N3O4. The highest BCUT2D eigenvalue weighted by Gasteiger charge is 2.25. The molecule has 3 rings (SSSR count). The maximum absolute atomic E-state index is 11.2. The van der Waals surface area contributed by atoms with E-state index < -0.39 is 0 Å². The molecule has 1 aliphatic rings. The van der Waals surface area contributed by atoms with E-state index in [0.717, 1.165) is 48.7 Å². The lowest BCUT2D eigenvalue weighted by atomic mass is 9.99. The van der Waals surface area contributed by atoms with Gasteiger partial charge in [0.2, 0.25) is 11.8 Å². The highest BCUT2D eigenvalue weighted by atomic mass is 16.5. The first-order chi connectivity index (χ1) is 14.0. The van der Waals surface area contributed by atoms with Gasteiger partial charge in [-0.25, -0.2) is 4.98 Å². The predicted octanol–water partition coefficient (Wildman–Crippen LogP) is 3.55. The van der Waals surface area contributed by atoms with Crippen LogP contribution in [0.3, 0.4) is 0 Å². The van der Waals surface area contributed by atoms with E-state index in [-0.39, 0.29) is 5.91 Å². The Morgan fingerprint density at radius 2 is 2.14 bits per heavy atom. The monoisotopic (exact) mass is 401 g/mol. The van der Waals surface area contributed by atoms with Gasteiger partial charge in [-0.05, 0) is 44.9 Å². The fourth-order valence-corrected chi connectivity index (χ4v) is 3.87. The Morgan fingerprint density at radius 1 is 1.31 bits per heavy atom. The molecule has 7 heteroatoms. The van der Waals surface area contributed by atoms with E-state index in [4.69, 9.17) is 18.9 Å². The molecule has 0 bridgehead atoms. The van der Waals surface area contributed by atoms with Crippen LogP contribution in [-0.4, -0.2) is 49.1 Å². The molecule has 7 nitrogen and oxygen atoms in total. The number of piperidine rings is 1. The number of benzene rings is 1. The van der Waals surface area contributed by atoms with Crippen molar-refractivity contribution in [3.63, 3.8) is 0 Å². The topological polar surface area (TPSA) is 76.8 Å². The van der Waals surface area contributed by atoms with Gasteiger partial charge in [-0.3, -0.25) is 9.69 Å². The third-order valence-electron chi connectivity index (χ3n) is 5.49. The number of aryl methyl sites for hydroxylation is 1. The number of nitrogens with one attached hydrogen (secondary N) is 1. The SMILES string of the molecule is COc1ccc(-c2nc(CN3CCCC[C@H]3CCNC(C)=O)c(C)o2)c(OC)c1. The molecule has 2 aromatic rings. The van der Waals surface area contributed by atoms with Crippen LogP contribution in [0.4, 0.5) is 0 Å². The van der Waals surface area contributed by atoms with Crippen LogP contribution in [0.1, 0.15) is 44.1 Å². The van der Waals surface area contributed by atoms with E-state index in [2.05, 4.69) is 10.2 Å². The van der Waals surface area contributed by atoms with E-state index >= 15 is 0 Å². The van der Waals surface area contributed by atoms with Crippen LogP contribution >= 0.6 is 0 Å². The summed E-state index contributed by atoms with van der Waals surface area (Å²) in [4.78, 5) is 18.4. The number of carbonyl (C=O) groups excluding carboxylic acids is 1. The third kappa shape index (κ3) is 5.29. The van der Waals surface area contributed by atoms with Crippen LogP contribution in [0.15, 0.2) is 22.6 Å². The van der Waals surface area contributed by atoms with Crippen molar-refractivity contribution in [1.82, 2.24) is 15.2 Å². The van der Waals surface area contributed by atoms with Crippen molar-refractivity contribution >= 4 is 5.91 Å². The summed E-state index contributed by atoms with van der Waals surface area (Å²) in [6.45, 7) is 6.02. The normalized spacial score (nSPS) is 17.2. The zero-order valence-corrected chi connectivity index (χ0v) is 17.8. The first kappa shape index (κ1) is 21.2. The zero-order chi connectivity index (χ0) is 20.8. The van der Waals surface area contributed by atoms with Gasteiger partial charge in [-0.1, -0.05) is 6.42 Å². The van der Waals surface area contributed by atoms with Gasteiger partial charge < -0.3 is 19.2 Å². The number of methoxy groups -OCH3 is 2. The Morgan fingerprint density at radius 3 is 2.86 bits per heavy atom. The Balaban J connectivity index is 1.75. The summed E-state index contributed by atoms with van der Waals surface area (Å²) in [6, 6.07) is 6.06. The highest BCUT2D eigenvalue weighted by molar-refractivity contribution is 5.72. The van der Waals surface area contributed by atoms with Crippen LogP contribution in [0.2, 0.25) is 0 Å². The highest BCUT2D eigenvalue weighted by Crippen LogP contribution is 2.34. The van der Waals surface area contributed by atoms with Gasteiger partial charge in [0, 0.05) is 32.1 Å². The van der Waals surface area contributed by atoms with Crippen LogP contribution in [0.25, 0.3) is 11.5 Å². The van der Waals surface area contributed by atoms with Crippen LogP contribution in [0, 0.1) is 6.92 Å². The van der Waals surface area contributed by atoms with E-state index in [1.165, 1.54) is 12.8 Å². The molecular weight excluding hydrogens is 370 g/mol. The van der Waals surface area contributed by atoms with E-state index in [0.29, 0.717) is 24.2 Å². The second kappa shape index (κ2) is 9.78. The maximum Gasteiger partial charge on any atom is 0.230 e. The summed E-state index contributed by atoms with van der Waals surface area (Å²) < 4.78 is 16.8. The molecule has 0 spiro atoms. The van der Waals surface area contributed by atoms with Gasteiger partial charge in [-0.2, -0.15) is 0 Å². The molecule has 2 heterocycles. The second-order valence-corrected chi connectivity index (χ2v) is 7.48. The summed E-state index contributed by atoms with van der Waals surface area (Å²) in [5, 5.41) is 2.91. The van der Waals surface area contributed by atoms with Crippen LogP contribution < -0.4 is 14.8 Å². The molecule has 158 valence electrons. The molecule has 0 unspecified atom stereocenters. The predicted molar refractivity (Wildman–Crippen MR) is 111 cm³/mol. The van der Waals surface area contributed by atoms with Crippen LogP contribution in [0.5, 0.6) is 11.5 Å². The number of amides is 1. The molecule has 0 aliphatic carbocycles. The average Bonchev–Trinajstić information content (AvgIpc) is 3.08. The van der Waals surface area contributed by atoms with Crippen molar-refractivity contribution in [2.75, 3.05) is 27.3 Å². The van der Waals surface area contributed by atoms with Gasteiger partial charge >= 0.3 is 0 Å². The van der Waals surface area contributed by atoms with Crippen molar-refractivity contribution in [3.8, 4) is 23.0 Å². The Labute approximate surface area is 172 Å².